The highest BCUT2D eigenvalue weighted by molar-refractivity contribution is 7.08. The number of aromatic amines is 10. The highest BCUT2D eigenvalue weighted by Crippen LogP contribution is 2.08. The summed E-state index contributed by atoms with van der Waals surface area (Å²) < 4.78 is 17.2. The van der Waals surface area contributed by atoms with Crippen molar-refractivity contribution in [1.29, 1.82) is 0 Å². The number of nitrogens with one attached hydrogen (secondary N) is 10. The van der Waals surface area contributed by atoms with Gasteiger partial charge in [-0.05, 0) is 60.0 Å². The molecule has 12 N–H and O–H groups in total. The zero-order valence-electron chi connectivity index (χ0n) is 38.7. The molecule has 0 bridgehead atoms. The number of rotatable bonds is 0. The van der Waals surface area contributed by atoms with Gasteiger partial charge in [0.2, 0.25) is 17.7 Å². The average Bonchev–Trinajstić information content (AvgIpc) is 4.15. The molecule has 0 aliphatic rings. The molecule has 0 radical (unpaired) electrons. The van der Waals surface area contributed by atoms with Crippen LogP contribution in [0, 0.1) is 62.3 Å². The maximum atomic E-state index is 10.3. The standard InChI is InChI=1S/3C4H6N2O.C4H5NO2.2C4H5NOS.2C3H4N2O2.2C3H4N2OS/c1-6-3-2-4(7)5-6;1-3-5-2-4(7)6-3;1-3-4(7)2-5-6-3;3*1-3-2-7-4(6)5-3;1-2-4-5-3(6)7-2;1-2-4-3(6)5-7-2;1-2-4-5-3(6)7-2;1-2-4-3(6)5-7-2/h2-3H,1H3,(H,5,7);2*2,7H,1H3,(H,5,6);3*2H,1H3,(H,5,6);4*1H3,(H,5,6). The van der Waals surface area contributed by atoms with Crippen LogP contribution >= 0.6 is 45.5 Å². The predicted molar refractivity (Wildman–Crippen MR) is 258 cm³/mol. The molecule has 10 rings (SSSR count). The van der Waals surface area contributed by atoms with Gasteiger partial charge in [-0.15, -0.1) is 5.10 Å². The maximum absolute atomic E-state index is 10.3. The van der Waals surface area contributed by atoms with Gasteiger partial charge in [-0.1, -0.05) is 34.0 Å². The molecular formula is C36H49N17O13S4. The summed E-state index contributed by atoms with van der Waals surface area (Å²) in [5.41, 5.74) is 2.61. The molecule has 34 heteroatoms. The zero-order valence-corrected chi connectivity index (χ0v) is 42.0. The Morgan fingerprint density at radius 2 is 1.30 bits per heavy atom. The fraction of sp³-hybridized carbons (Fsp3) is 0.278. The average molecular weight is 1060 g/mol. The molecule has 0 saturated carbocycles. The van der Waals surface area contributed by atoms with E-state index in [1.165, 1.54) is 58.9 Å². The van der Waals surface area contributed by atoms with Gasteiger partial charge in [-0.2, -0.15) is 25.3 Å². The third-order valence-corrected chi connectivity index (χ3v) is 9.24. The summed E-state index contributed by atoms with van der Waals surface area (Å²) in [6.45, 7) is 15.8. The van der Waals surface area contributed by atoms with Gasteiger partial charge in [0.05, 0.1) is 23.8 Å². The molecule has 0 aliphatic carbocycles. The van der Waals surface area contributed by atoms with Crippen LogP contribution in [0.1, 0.15) is 50.4 Å². The Hall–Kier alpha value is -8.50. The van der Waals surface area contributed by atoms with Crippen LogP contribution in [-0.2, 0) is 7.05 Å². The first-order valence-corrected chi connectivity index (χ1v) is 22.4. The molecule has 30 nitrogen and oxygen atoms in total. The summed E-state index contributed by atoms with van der Waals surface area (Å²) in [6.07, 6.45) is 5.79. The van der Waals surface area contributed by atoms with Gasteiger partial charge in [0.15, 0.2) is 5.75 Å². The normalized spacial score (nSPS) is 9.29. The lowest BCUT2D eigenvalue weighted by Crippen LogP contribution is -1.99. The number of imidazole rings is 1. The number of nitrogens with zero attached hydrogens (tertiary/aromatic N) is 7. The van der Waals surface area contributed by atoms with E-state index in [-0.39, 0.29) is 37.5 Å². The minimum absolute atomic E-state index is 0.0255. The number of aromatic nitrogens is 17. The molecular weight excluding hydrogens is 1010 g/mol. The second-order valence-electron chi connectivity index (χ2n) is 12.7. The SMILES string of the molecule is Cc1[nH]ncc1O.Cc1coc(=O)[nH]1.Cc1csc(=O)[nH]1.Cc1csc(=O)[nH]1.Cc1n[nH]c(=O)o1.Cc1n[nH]c(=O)s1.Cc1nc(=O)[nH]o1.Cc1nc(=O)[nH]s1.Cc1ncc(O)[nH]1.Cn1ccc(=O)[nH]1. The monoisotopic (exact) mass is 1060 g/mol. The van der Waals surface area contributed by atoms with Gasteiger partial charge in [0, 0.05) is 55.3 Å². The molecule has 0 spiro atoms. The van der Waals surface area contributed by atoms with Gasteiger partial charge >= 0.3 is 37.5 Å². The molecule has 0 aromatic carbocycles. The molecule has 0 amide bonds. The minimum atomic E-state index is -0.502. The number of aryl methyl sites for hydroxylation is 10. The second kappa shape index (κ2) is 32.2. The Balaban J connectivity index is 0.000000389. The second-order valence-corrected chi connectivity index (χ2v) is 16.5. The molecule has 70 heavy (non-hydrogen) atoms. The highest BCUT2D eigenvalue weighted by atomic mass is 32.1. The first-order valence-electron chi connectivity index (χ1n) is 19.0. The van der Waals surface area contributed by atoms with E-state index in [4.69, 9.17) is 10.2 Å². The fourth-order valence-electron chi connectivity index (χ4n) is 3.49. The summed E-state index contributed by atoms with van der Waals surface area (Å²) in [4.78, 5) is 102. The molecule has 0 atom stereocenters. The van der Waals surface area contributed by atoms with E-state index in [0.717, 1.165) is 44.3 Å². The smallest absolute Gasteiger partial charge is 0.434 e. The molecule has 0 unspecified atom stereocenters. The van der Waals surface area contributed by atoms with Gasteiger partial charge in [-0.25, -0.2) is 34.4 Å². The first-order chi connectivity index (χ1) is 32.9. The van der Waals surface area contributed by atoms with Crippen LogP contribution in [0.15, 0.2) is 93.4 Å². The lowest BCUT2D eigenvalue weighted by molar-refractivity contribution is 0.388. The first kappa shape index (κ1) is 59.5. The van der Waals surface area contributed by atoms with E-state index in [9.17, 15) is 38.4 Å². The largest absolute Gasteiger partial charge is 0.504 e. The Morgan fingerprint density at radius 3 is 1.43 bits per heavy atom. The number of thiazole rings is 2. The van der Waals surface area contributed by atoms with Crippen molar-refractivity contribution in [1.82, 2.24) is 84.8 Å². The molecule has 10 aromatic rings. The van der Waals surface area contributed by atoms with Crippen LogP contribution < -0.4 is 43.1 Å². The number of H-pyrrole nitrogens is 10. The topological polar surface area (TPSA) is 457 Å². The van der Waals surface area contributed by atoms with Crippen LogP contribution in [0.4, 0.5) is 0 Å². The summed E-state index contributed by atoms with van der Waals surface area (Å²) in [5.74, 6) is 0.917. The predicted octanol–water partition coefficient (Wildman–Crippen LogP) is 1.95. The van der Waals surface area contributed by atoms with Crippen molar-refractivity contribution >= 4 is 45.5 Å². The van der Waals surface area contributed by atoms with Crippen molar-refractivity contribution < 1.29 is 23.6 Å². The van der Waals surface area contributed by atoms with Gasteiger partial charge in [0.1, 0.15) is 22.1 Å². The lowest BCUT2D eigenvalue weighted by Gasteiger charge is -1.80. The number of oxazole rings is 1. The molecule has 0 aliphatic heterocycles. The third kappa shape index (κ3) is 29.9. The van der Waals surface area contributed by atoms with Crippen molar-refractivity contribution in [3.8, 4) is 11.6 Å². The summed E-state index contributed by atoms with van der Waals surface area (Å²) in [5, 5.41) is 44.4. The Kier molecular flexibility index (Phi) is 27.4. The lowest BCUT2D eigenvalue weighted by atomic mass is 10.5. The van der Waals surface area contributed by atoms with E-state index in [1.54, 1.807) is 77.2 Å². The van der Waals surface area contributed by atoms with Gasteiger partial charge in [0.25, 0.3) is 5.56 Å². The highest BCUT2D eigenvalue weighted by Gasteiger charge is 1.92. The van der Waals surface area contributed by atoms with E-state index in [0.29, 0.717) is 17.5 Å². The van der Waals surface area contributed by atoms with Crippen LogP contribution in [0.3, 0.4) is 0 Å². The molecule has 0 fully saturated rings. The van der Waals surface area contributed by atoms with Crippen molar-refractivity contribution in [3.63, 3.8) is 0 Å². The summed E-state index contributed by atoms with van der Waals surface area (Å²) in [6, 6.07) is 1.47. The van der Waals surface area contributed by atoms with E-state index < -0.39 is 17.2 Å². The van der Waals surface area contributed by atoms with Crippen LogP contribution in [-0.4, -0.2) is 95.0 Å². The fourth-order valence-corrected chi connectivity index (χ4v) is 5.47. The van der Waals surface area contributed by atoms with Crippen molar-refractivity contribution in [2.45, 2.75) is 62.3 Å². The van der Waals surface area contributed by atoms with Gasteiger partial charge < -0.3 is 38.5 Å². The van der Waals surface area contributed by atoms with Crippen LogP contribution in [0.2, 0.25) is 0 Å². The van der Waals surface area contributed by atoms with Gasteiger partial charge in [-0.3, -0.25) is 43.4 Å². The maximum Gasteiger partial charge on any atom is 0.434 e. The summed E-state index contributed by atoms with van der Waals surface area (Å²) in [7, 11) is 1.77. The third-order valence-electron chi connectivity index (χ3n) is 6.33. The number of aromatic hydroxyl groups is 2. The van der Waals surface area contributed by atoms with E-state index in [2.05, 4.69) is 88.3 Å². The number of hydrogen-bond donors (Lipinski definition) is 12. The zero-order chi connectivity index (χ0) is 52.8. The minimum Gasteiger partial charge on any atom is -0.504 e. The van der Waals surface area contributed by atoms with Crippen molar-refractivity contribution in [3.05, 3.63) is 174 Å². The molecule has 10 heterocycles. The number of hydrogen-bond acceptors (Lipinski definition) is 23. The Morgan fingerprint density at radius 1 is 0.657 bits per heavy atom. The Bertz CT molecular complexity index is 2810. The van der Waals surface area contributed by atoms with Crippen LogP contribution in [0.25, 0.3) is 0 Å². The molecule has 0 saturated heterocycles. The van der Waals surface area contributed by atoms with Crippen molar-refractivity contribution in [2.24, 2.45) is 7.05 Å². The Labute approximate surface area is 406 Å². The van der Waals surface area contributed by atoms with E-state index in [1.807, 2.05) is 19.0 Å². The quantitative estimate of drug-likeness (QED) is 0.103. The molecule has 380 valence electrons. The van der Waals surface area contributed by atoms with Crippen molar-refractivity contribution in [2.75, 3.05) is 0 Å². The van der Waals surface area contributed by atoms with E-state index >= 15 is 0 Å². The molecule has 10 aromatic heterocycles. The van der Waals surface area contributed by atoms with Crippen LogP contribution in [0.5, 0.6) is 11.6 Å². The summed E-state index contributed by atoms with van der Waals surface area (Å²) >= 11 is 4.76.